The molecule has 4 nitrogen and oxygen atoms in total. The third-order valence-corrected chi connectivity index (χ3v) is 2.69. The van der Waals surface area contributed by atoms with Crippen LogP contribution in [0, 0.1) is 0 Å². The lowest BCUT2D eigenvalue weighted by atomic mass is 10.1. The summed E-state index contributed by atoms with van der Waals surface area (Å²) in [5.41, 5.74) is 0. The molecule has 0 spiro atoms. The molecule has 0 saturated carbocycles. The molecular formula is C8H9BrF3NO3. The minimum Gasteiger partial charge on any atom is -0.377 e. The summed E-state index contributed by atoms with van der Waals surface area (Å²) in [6.45, 7) is -0.401. The first kappa shape index (κ1) is 13.4. The fourth-order valence-electron chi connectivity index (χ4n) is 1.37. The van der Waals surface area contributed by atoms with Gasteiger partial charge in [-0.2, -0.15) is 13.2 Å². The molecule has 0 aromatic carbocycles. The van der Waals surface area contributed by atoms with E-state index in [1.807, 2.05) is 0 Å². The number of nitrogens with zero attached hydrogens (tertiary/aromatic N) is 1. The van der Waals surface area contributed by atoms with Crippen LogP contribution in [0.15, 0.2) is 0 Å². The van der Waals surface area contributed by atoms with E-state index < -0.39 is 23.9 Å². The average Bonchev–Trinajstić information content (AvgIpc) is 2.25. The molecule has 1 atom stereocenters. The zero-order chi connectivity index (χ0) is 12.3. The molecule has 16 heavy (non-hydrogen) atoms. The summed E-state index contributed by atoms with van der Waals surface area (Å²) in [7, 11) is 0. The Morgan fingerprint density at radius 2 is 2.06 bits per heavy atom. The van der Waals surface area contributed by atoms with E-state index in [2.05, 4.69) is 15.9 Å². The smallest absolute Gasteiger partial charge is 0.377 e. The maximum absolute atomic E-state index is 12.2. The first-order chi connectivity index (χ1) is 7.38. The van der Waals surface area contributed by atoms with Crippen LogP contribution in [0.2, 0.25) is 0 Å². The van der Waals surface area contributed by atoms with Gasteiger partial charge in [-0.25, -0.2) is 0 Å². The molecule has 1 aliphatic rings. The summed E-state index contributed by atoms with van der Waals surface area (Å²) in [5, 5.41) is -0.108. The van der Waals surface area contributed by atoms with Crippen molar-refractivity contribution in [1.82, 2.24) is 4.90 Å². The lowest BCUT2D eigenvalue weighted by molar-refractivity contribution is -0.193. The van der Waals surface area contributed by atoms with E-state index in [4.69, 9.17) is 4.74 Å². The molecule has 1 rings (SSSR count). The van der Waals surface area contributed by atoms with E-state index in [1.54, 1.807) is 0 Å². The summed E-state index contributed by atoms with van der Waals surface area (Å²) in [6, 6.07) is -1.15. The molecule has 1 fully saturated rings. The molecule has 0 aromatic heterocycles. The molecule has 1 amide bonds. The predicted molar refractivity (Wildman–Crippen MR) is 51.2 cm³/mol. The highest BCUT2D eigenvalue weighted by Gasteiger charge is 2.46. The van der Waals surface area contributed by atoms with Crippen molar-refractivity contribution >= 4 is 27.6 Å². The number of rotatable bonds is 2. The third kappa shape index (κ3) is 2.94. The Balaban J connectivity index is 2.82. The van der Waals surface area contributed by atoms with Gasteiger partial charge in [0.1, 0.15) is 6.04 Å². The topological polar surface area (TPSA) is 46.6 Å². The number of ether oxygens (including phenoxy) is 1. The second-order valence-corrected chi connectivity index (χ2v) is 3.75. The van der Waals surface area contributed by atoms with Crippen LogP contribution in [-0.2, 0) is 14.3 Å². The normalized spacial score (nSPS) is 22.0. The molecule has 0 radical (unpaired) electrons. The summed E-state index contributed by atoms with van der Waals surface area (Å²) in [5.74, 6) is -2.49. The van der Waals surface area contributed by atoms with Crippen molar-refractivity contribution in [3.63, 3.8) is 0 Å². The highest BCUT2D eigenvalue weighted by molar-refractivity contribution is 9.09. The Morgan fingerprint density at radius 3 is 2.56 bits per heavy atom. The van der Waals surface area contributed by atoms with Crippen LogP contribution < -0.4 is 0 Å². The molecule has 8 heteroatoms. The highest BCUT2D eigenvalue weighted by atomic mass is 79.9. The Kier molecular flexibility index (Phi) is 4.31. The molecule has 0 aromatic rings. The Morgan fingerprint density at radius 1 is 1.44 bits per heavy atom. The Hall–Kier alpha value is -0.630. The van der Waals surface area contributed by atoms with Crippen LogP contribution in [0.5, 0.6) is 0 Å². The number of amides is 1. The second-order valence-electron chi connectivity index (χ2n) is 3.19. The number of Topliss-reactive ketones (excluding diaryl/α,β-unsaturated/α-hetero) is 1. The predicted octanol–water partition coefficient (Wildman–Crippen LogP) is 0.740. The van der Waals surface area contributed by atoms with Crippen LogP contribution >= 0.6 is 15.9 Å². The van der Waals surface area contributed by atoms with Gasteiger partial charge in [-0.15, -0.1) is 0 Å². The zero-order valence-corrected chi connectivity index (χ0v) is 9.68. The number of hydrogen-bond acceptors (Lipinski definition) is 3. The number of carbonyl (C=O) groups excluding carboxylic acids is 2. The number of alkyl halides is 4. The molecule has 0 N–H and O–H groups in total. The van der Waals surface area contributed by atoms with Crippen molar-refractivity contribution in [2.75, 3.05) is 25.1 Å². The van der Waals surface area contributed by atoms with E-state index in [0.29, 0.717) is 4.90 Å². The van der Waals surface area contributed by atoms with E-state index in [1.165, 1.54) is 0 Å². The maximum atomic E-state index is 12.2. The molecule has 1 aliphatic heterocycles. The van der Waals surface area contributed by atoms with E-state index in [9.17, 15) is 22.8 Å². The van der Waals surface area contributed by atoms with Gasteiger partial charge < -0.3 is 9.64 Å². The van der Waals surface area contributed by atoms with Gasteiger partial charge in [-0.3, -0.25) is 9.59 Å². The fraction of sp³-hybridized carbons (Fsp3) is 0.750. The van der Waals surface area contributed by atoms with Gasteiger partial charge in [0.15, 0.2) is 5.78 Å². The molecule has 1 heterocycles. The van der Waals surface area contributed by atoms with Crippen molar-refractivity contribution < 1.29 is 27.5 Å². The summed E-state index contributed by atoms with van der Waals surface area (Å²) in [6.07, 6.45) is -4.96. The molecular weight excluding hydrogens is 295 g/mol. The van der Waals surface area contributed by atoms with E-state index >= 15 is 0 Å². The van der Waals surface area contributed by atoms with Gasteiger partial charge in [0.2, 0.25) is 0 Å². The fourth-order valence-corrected chi connectivity index (χ4v) is 1.74. The largest absolute Gasteiger partial charge is 0.471 e. The second kappa shape index (κ2) is 5.13. The van der Waals surface area contributed by atoms with Crippen LogP contribution in [0.25, 0.3) is 0 Å². The number of halogens is 4. The summed E-state index contributed by atoms with van der Waals surface area (Å²) in [4.78, 5) is 22.9. The first-order valence-corrected chi connectivity index (χ1v) is 5.54. The Labute approximate surface area is 97.8 Å². The molecule has 0 bridgehead atoms. The average molecular weight is 304 g/mol. The number of morpholine rings is 1. The van der Waals surface area contributed by atoms with E-state index in [0.717, 1.165) is 0 Å². The van der Waals surface area contributed by atoms with Crippen LogP contribution in [0.3, 0.4) is 0 Å². The zero-order valence-electron chi connectivity index (χ0n) is 8.09. The lowest BCUT2D eigenvalue weighted by Crippen LogP contribution is -2.56. The standard InChI is InChI=1S/C8H9BrF3NO3/c9-3-6(14)5-4-16-2-1-13(5)7(15)8(10,11)12/h5H,1-4H2. The SMILES string of the molecule is O=C(CBr)C1COCCN1C(=O)C(F)(F)F. The van der Waals surface area contributed by atoms with Crippen LogP contribution in [0.1, 0.15) is 0 Å². The van der Waals surface area contributed by atoms with Crippen molar-refractivity contribution in [2.24, 2.45) is 0 Å². The van der Waals surface area contributed by atoms with Crippen molar-refractivity contribution in [1.29, 1.82) is 0 Å². The number of hydrogen-bond donors (Lipinski definition) is 0. The van der Waals surface area contributed by atoms with Gasteiger partial charge in [0.25, 0.3) is 0 Å². The first-order valence-electron chi connectivity index (χ1n) is 4.42. The number of carbonyl (C=O) groups is 2. The van der Waals surface area contributed by atoms with Crippen molar-refractivity contribution in [3.05, 3.63) is 0 Å². The summed E-state index contributed by atoms with van der Waals surface area (Å²) < 4.78 is 41.6. The van der Waals surface area contributed by atoms with Gasteiger partial charge in [-0.05, 0) is 0 Å². The third-order valence-electron chi connectivity index (χ3n) is 2.14. The van der Waals surface area contributed by atoms with Gasteiger partial charge in [0.05, 0.1) is 18.5 Å². The molecule has 1 saturated heterocycles. The quantitative estimate of drug-likeness (QED) is 0.707. The summed E-state index contributed by atoms with van der Waals surface area (Å²) >= 11 is 2.85. The minimum atomic E-state index is -4.96. The van der Waals surface area contributed by atoms with Crippen molar-refractivity contribution in [3.8, 4) is 0 Å². The highest BCUT2D eigenvalue weighted by Crippen LogP contribution is 2.22. The van der Waals surface area contributed by atoms with Gasteiger partial charge in [-0.1, -0.05) is 15.9 Å². The molecule has 0 aliphatic carbocycles. The Bertz CT molecular complexity index is 295. The van der Waals surface area contributed by atoms with Gasteiger partial charge >= 0.3 is 12.1 Å². The monoisotopic (exact) mass is 303 g/mol. The van der Waals surface area contributed by atoms with Crippen molar-refractivity contribution in [2.45, 2.75) is 12.2 Å². The van der Waals surface area contributed by atoms with Crippen LogP contribution in [0.4, 0.5) is 13.2 Å². The number of ketones is 1. The van der Waals surface area contributed by atoms with Crippen LogP contribution in [-0.4, -0.2) is 53.9 Å². The van der Waals surface area contributed by atoms with Gasteiger partial charge in [0, 0.05) is 6.54 Å². The maximum Gasteiger partial charge on any atom is 0.471 e. The lowest BCUT2D eigenvalue weighted by Gasteiger charge is -2.34. The molecule has 92 valence electrons. The van der Waals surface area contributed by atoms with E-state index in [-0.39, 0.29) is 25.1 Å². The minimum absolute atomic E-state index is 0.00782. The molecule has 1 unspecified atom stereocenters.